The molecule has 1 aliphatic heterocycles. The first kappa shape index (κ1) is 20.3. The Hall–Kier alpha value is -3.00. The molecule has 0 unspecified atom stereocenters. The molecule has 1 amide bonds. The molecule has 6 nitrogen and oxygen atoms in total. The lowest BCUT2D eigenvalue weighted by Crippen LogP contribution is -2.19. The topological polar surface area (TPSA) is 91.9 Å². The number of para-hydroxylation sites is 1. The summed E-state index contributed by atoms with van der Waals surface area (Å²) < 4.78 is 5.76. The van der Waals surface area contributed by atoms with E-state index in [0.717, 1.165) is 11.8 Å². The molecule has 30 heavy (non-hydrogen) atoms. The SMILES string of the molecule is O=C1NC(=Nc2ccccc2Cl)S/C1=C\c1ccc(-c2cc(C(=O)O)ccc2Cl)o1. The Morgan fingerprint density at radius 3 is 2.67 bits per heavy atom. The van der Waals surface area contributed by atoms with Crippen molar-refractivity contribution in [1.82, 2.24) is 5.32 Å². The summed E-state index contributed by atoms with van der Waals surface area (Å²) >= 11 is 13.4. The summed E-state index contributed by atoms with van der Waals surface area (Å²) in [6.45, 7) is 0. The average Bonchev–Trinajstić information content (AvgIpc) is 3.31. The Bertz CT molecular complexity index is 1230. The quantitative estimate of drug-likeness (QED) is 0.478. The molecule has 150 valence electrons. The summed E-state index contributed by atoms with van der Waals surface area (Å²) in [5.74, 6) is -0.567. The van der Waals surface area contributed by atoms with E-state index < -0.39 is 5.97 Å². The van der Waals surface area contributed by atoms with Crippen LogP contribution in [0.25, 0.3) is 17.4 Å². The van der Waals surface area contributed by atoms with Gasteiger partial charge < -0.3 is 14.8 Å². The maximum Gasteiger partial charge on any atom is 0.335 e. The summed E-state index contributed by atoms with van der Waals surface area (Å²) in [5.41, 5.74) is 1.10. The molecule has 9 heteroatoms. The Kier molecular flexibility index (Phi) is 5.67. The molecule has 0 radical (unpaired) electrons. The average molecular weight is 459 g/mol. The van der Waals surface area contributed by atoms with Crippen LogP contribution in [0.4, 0.5) is 5.69 Å². The molecule has 0 bridgehead atoms. The van der Waals surface area contributed by atoms with E-state index >= 15 is 0 Å². The molecule has 0 saturated carbocycles. The van der Waals surface area contributed by atoms with Crippen molar-refractivity contribution < 1.29 is 19.1 Å². The highest BCUT2D eigenvalue weighted by Gasteiger charge is 2.24. The van der Waals surface area contributed by atoms with E-state index in [-0.39, 0.29) is 11.5 Å². The molecule has 0 aliphatic carbocycles. The van der Waals surface area contributed by atoms with Gasteiger partial charge in [0.05, 0.1) is 26.2 Å². The van der Waals surface area contributed by atoms with Crippen molar-refractivity contribution in [2.75, 3.05) is 0 Å². The van der Waals surface area contributed by atoms with Crippen LogP contribution in [0.1, 0.15) is 16.1 Å². The third-order valence-corrected chi connectivity index (χ3v) is 5.66. The van der Waals surface area contributed by atoms with Crippen molar-refractivity contribution >= 4 is 63.8 Å². The van der Waals surface area contributed by atoms with Crippen LogP contribution in [0.5, 0.6) is 0 Å². The van der Waals surface area contributed by atoms with Gasteiger partial charge in [-0.3, -0.25) is 4.79 Å². The van der Waals surface area contributed by atoms with Crippen molar-refractivity contribution in [3.05, 3.63) is 80.9 Å². The van der Waals surface area contributed by atoms with Gasteiger partial charge in [0.15, 0.2) is 5.17 Å². The fraction of sp³-hybridized carbons (Fsp3) is 0. The predicted molar refractivity (Wildman–Crippen MR) is 118 cm³/mol. The Labute approximate surface area is 185 Å². The van der Waals surface area contributed by atoms with Crippen LogP contribution >= 0.6 is 35.0 Å². The molecule has 1 aromatic heterocycles. The normalized spacial score (nSPS) is 16.3. The molecule has 2 aromatic carbocycles. The maximum absolute atomic E-state index is 12.3. The van der Waals surface area contributed by atoms with Crippen LogP contribution in [0.3, 0.4) is 0 Å². The van der Waals surface area contributed by atoms with Crippen LogP contribution in [0.15, 0.2) is 68.9 Å². The monoisotopic (exact) mass is 458 g/mol. The minimum Gasteiger partial charge on any atom is -0.478 e. The number of carboxylic acids is 1. The summed E-state index contributed by atoms with van der Waals surface area (Å²) in [7, 11) is 0. The number of nitrogens with one attached hydrogen (secondary N) is 1. The van der Waals surface area contributed by atoms with Gasteiger partial charge in [-0.25, -0.2) is 9.79 Å². The third-order valence-electron chi connectivity index (χ3n) is 4.10. The smallest absolute Gasteiger partial charge is 0.335 e. The van der Waals surface area contributed by atoms with Gasteiger partial charge in [0.2, 0.25) is 0 Å². The minimum atomic E-state index is -1.06. The van der Waals surface area contributed by atoms with E-state index in [1.165, 1.54) is 18.2 Å². The molecule has 2 heterocycles. The van der Waals surface area contributed by atoms with Gasteiger partial charge in [-0.1, -0.05) is 35.3 Å². The first-order valence-electron chi connectivity index (χ1n) is 8.58. The number of carbonyl (C=O) groups is 2. The number of hydrogen-bond acceptors (Lipinski definition) is 5. The van der Waals surface area contributed by atoms with Gasteiger partial charge >= 0.3 is 5.97 Å². The third kappa shape index (κ3) is 4.28. The highest BCUT2D eigenvalue weighted by molar-refractivity contribution is 8.18. The zero-order valence-electron chi connectivity index (χ0n) is 15.1. The van der Waals surface area contributed by atoms with E-state index in [1.54, 1.807) is 42.5 Å². The summed E-state index contributed by atoms with van der Waals surface area (Å²) in [6.07, 6.45) is 1.58. The molecule has 0 spiro atoms. The summed E-state index contributed by atoms with van der Waals surface area (Å²) in [4.78, 5) is 28.2. The number of amides is 1. The number of hydrogen-bond donors (Lipinski definition) is 2. The molecule has 2 N–H and O–H groups in total. The summed E-state index contributed by atoms with van der Waals surface area (Å²) in [6, 6.07) is 14.7. The molecular weight excluding hydrogens is 447 g/mol. The lowest BCUT2D eigenvalue weighted by molar-refractivity contribution is -0.115. The van der Waals surface area contributed by atoms with Crippen LogP contribution in [0, 0.1) is 0 Å². The van der Waals surface area contributed by atoms with E-state index in [2.05, 4.69) is 10.3 Å². The largest absolute Gasteiger partial charge is 0.478 e. The zero-order chi connectivity index (χ0) is 21.3. The van der Waals surface area contributed by atoms with E-state index in [9.17, 15) is 9.59 Å². The Balaban J connectivity index is 1.59. The minimum absolute atomic E-state index is 0.0943. The number of benzene rings is 2. The number of furan rings is 1. The Morgan fingerprint density at radius 2 is 1.90 bits per heavy atom. The number of amidine groups is 1. The van der Waals surface area contributed by atoms with E-state index in [1.807, 2.05) is 0 Å². The van der Waals surface area contributed by atoms with Gasteiger partial charge in [0, 0.05) is 11.6 Å². The van der Waals surface area contributed by atoms with Crippen LogP contribution < -0.4 is 5.32 Å². The van der Waals surface area contributed by atoms with Crippen molar-refractivity contribution in [3.8, 4) is 11.3 Å². The molecule has 3 aromatic rings. The number of rotatable bonds is 4. The van der Waals surface area contributed by atoms with Gasteiger partial charge in [-0.15, -0.1) is 0 Å². The second kappa shape index (κ2) is 8.39. The fourth-order valence-corrected chi connectivity index (χ4v) is 3.89. The number of aliphatic imine (C=N–C) groups is 1. The number of thioether (sulfide) groups is 1. The standard InChI is InChI=1S/C21H12Cl2N2O4S/c22-14-7-5-11(20(27)28)9-13(14)17-8-6-12(29-17)10-18-19(26)25-21(30-18)24-16-4-2-1-3-15(16)23/h1-10H,(H,27,28)(H,24,25,26)/b18-10-. The highest BCUT2D eigenvalue weighted by atomic mass is 35.5. The number of aromatic carboxylic acids is 1. The van der Waals surface area contributed by atoms with E-state index in [0.29, 0.717) is 42.9 Å². The second-order valence-corrected chi connectivity index (χ2v) is 7.98. The molecule has 0 atom stereocenters. The predicted octanol–water partition coefficient (Wildman–Crippen LogP) is 5.84. The lowest BCUT2D eigenvalue weighted by Gasteiger charge is -2.02. The van der Waals surface area contributed by atoms with Crippen LogP contribution in [-0.2, 0) is 4.79 Å². The first-order valence-corrected chi connectivity index (χ1v) is 10.1. The lowest BCUT2D eigenvalue weighted by atomic mass is 10.1. The maximum atomic E-state index is 12.3. The Morgan fingerprint density at radius 1 is 1.10 bits per heavy atom. The van der Waals surface area contributed by atoms with E-state index in [4.69, 9.17) is 32.7 Å². The van der Waals surface area contributed by atoms with Gasteiger partial charge in [-0.2, -0.15) is 0 Å². The molecular formula is C21H12Cl2N2O4S. The number of carbonyl (C=O) groups excluding carboxylic acids is 1. The van der Waals surface area contributed by atoms with Crippen LogP contribution in [0.2, 0.25) is 10.0 Å². The molecule has 1 fully saturated rings. The van der Waals surface area contributed by atoms with Crippen molar-refractivity contribution in [1.29, 1.82) is 0 Å². The van der Waals surface area contributed by atoms with Crippen molar-refractivity contribution in [2.45, 2.75) is 0 Å². The molecule has 1 saturated heterocycles. The number of carboxylic acid groups (broad SMARTS) is 1. The first-order chi connectivity index (χ1) is 14.4. The van der Waals surface area contributed by atoms with Gasteiger partial charge in [0.1, 0.15) is 11.5 Å². The zero-order valence-corrected chi connectivity index (χ0v) is 17.4. The van der Waals surface area contributed by atoms with Crippen LogP contribution in [-0.4, -0.2) is 22.2 Å². The summed E-state index contributed by atoms with van der Waals surface area (Å²) in [5, 5.41) is 13.1. The molecule has 4 rings (SSSR count). The van der Waals surface area contributed by atoms with Crippen molar-refractivity contribution in [3.63, 3.8) is 0 Å². The van der Waals surface area contributed by atoms with Gasteiger partial charge in [-0.05, 0) is 54.2 Å². The highest BCUT2D eigenvalue weighted by Crippen LogP contribution is 2.34. The number of nitrogens with zero attached hydrogens (tertiary/aromatic N) is 1. The fourth-order valence-electron chi connectivity index (χ4n) is 2.68. The molecule has 1 aliphatic rings. The second-order valence-electron chi connectivity index (χ2n) is 6.13. The number of halogens is 2. The van der Waals surface area contributed by atoms with Gasteiger partial charge in [0.25, 0.3) is 5.91 Å². The van der Waals surface area contributed by atoms with Crippen molar-refractivity contribution in [2.24, 2.45) is 4.99 Å².